The fourth-order valence-corrected chi connectivity index (χ4v) is 2.84. The second-order valence-corrected chi connectivity index (χ2v) is 6.20. The van der Waals surface area contributed by atoms with Gasteiger partial charge < -0.3 is 9.63 Å². The fraction of sp³-hybridized carbons (Fsp3) is 0.150. The van der Waals surface area contributed by atoms with Gasteiger partial charge in [0.25, 0.3) is 5.91 Å². The first-order chi connectivity index (χ1) is 13.5. The van der Waals surface area contributed by atoms with Crippen LogP contribution in [0.25, 0.3) is 11.3 Å². The molecule has 1 amide bonds. The smallest absolute Gasteiger partial charge is 0.277 e. The summed E-state index contributed by atoms with van der Waals surface area (Å²) in [5, 5.41) is 18.1. The Morgan fingerprint density at radius 2 is 1.89 bits per heavy atom. The topological polar surface area (TPSA) is 87.7 Å². The van der Waals surface area contributed by atoms with Crippen molar-refractivity contribution in [3.8, 4) is 17.0 Å². The average molecular weight is 420 g/mol. The Kier molecular flexibility index (Phi) is 7.61. The van der Waals surface area contributed by atoms with E-state index in [2.05, 4.69) is 15.7 Å². The van der Waals surface area contributed by atoms with Gasteiger partial charge in [-0.15, -0.1) is 0 Å². The van der Waals surface area contributed by atoms with Crippen molar-refractivity contribution in [2.75, 3.05) is 0 Å². The lowest BCUT2D eigenvalue weighted by Gasteiger charge is -2.03. The van der Waals surface area contributed by atoms with Crippen LogP contribution in [0.2, 0.25) is 10.0 Å². The lowest BCUT2D eigenvalue weighted by atomic mass is 10.1. The minimum absolute atomic E-state index is 0.0894. The summed E-state index contributed by atoms with van der Waals surface area (Å²) in [6, 6.07) is 12.1. The second kappa shape index (κ2) is 9.92. The van der Waals surface area contributed by atoms with Crippen LogP contribution >= 0.6 is 23.2 Å². The number of rotatable bonds is 4. The van der Waals surface area contributed by atoms with Crippen LogP contribution in [0.15, 0.2) is 52.1 Å². The molecule has 3 rings (SSSR count). The Balaban J connectivity index is 0.00000136. The van der Waals surface area contributed by atoms with Crippen LogP contribution in [0.1, 0.15) is 35.5 Å². The van der Waals surface area contributed by atoms with Gasteiger partial charge in [0.05, 0.1) is 11.2 Å². The molecule has 0 radical (unpaired) electrons. The van der Waals surface area contributed by atoms with Crippen LogP contribution in [0.4, 0.5) is 0 Å². The third kappa shape index (κ3) is 4.91. The highest BCUT2D eigenvalue weighted by Gasteiger charge is 2.21. The molecule has 0 spiro atoms. The predicted molar refractivity (Wildman–Crippen MR) is 111 cm³/mol. The van der Waals surface area contributed by atoms with Crippen LogP contribution < -0.4 is 5.43 Å². The molecular weight excluding hydrogens is 401 g/mol. The van der Waals surface area contributed by atoms with Crippen molar-refractivity contribution < 1.29 is 14.4 Å². The van der Waals surface area contributed by atoms with E-state index >= 15 is 0 Å². The molecule has 3 aromatic rings. The van der Waals surface area contributed by atoms with Gasteiger partial charge in [-0.3, -0.25) is 4.79 Å². The molecule has 0 saturated heterocycles. The van der Waals surface area contributed by atoms with Crippen molar-refractivity contribution in [2.45, 2.75) is 20.8 Å². The summed E-state index contributed by atoms with van der Waals surface area (Å²) in [5.41, 5.74) is 4.10. The summed E-state index contributed by atoms with van der Waals surface area (Å²) >= 11 is 11.7. The summed E-state index contributed by atoms with van der Waals surface area (Å²) in [6.45, 7) is 5.64. The van der Waals surface area contributed by atoms with Gasteiger partial charge in [-0.1, -0.05) is 72.5 Å². The number of benzene rings is 2. The van der Waals surface area contributed by atoms with Gasteiger partial charge in [-0.25, -0.2) is 5.43 Å². The molecule has 1 aromatic heterocycles. The van der Waals surface area contributed by atoms with Crippen molar-refractivity contribution >= 4 is 35.3 Å². The van der Waals surface area contributed by atoms with Gasteiger partial charge in [0.1, 0.15) is 22.8 Å². The van der Waals surface area contributed by atoms with Crippen LogP contribution in [0.3, 0.4) is 0 Å². The number of aromatic hydroxyl groups is 1. The summed E-state index contributed by atoms with van der Waals surface area (Å²) in [5.74, 6) is -0.308. The molecule has 28 heavy (non-hydrogen) atoms. The van der Waals surface area contributed by atoms with E-state index in [-0.39, 0.29) is 21.9 Å². The van der Waals surface area contributed by atoms with E-state index in [1.54, 1.807) is 6.92 Å². The first-order valence-corrected chi connectivity index (χ1v) is 9.26. The van der Waals surface area contributed by atoms with E-state index < -0.39 is 5.91 Å². The lowest BCUT2D eigenvalue weighted by Crippen LogP contribution is -2.18. The molecular formula is C20H19Cl2N3O3. The van der Waals surface area contributed by atoms with Crippen molar-refractivity contribution in [2.24, 2.45) is 5.10 Å². The Labute approximate surface area is 172 Å². The first-order valence-electron chi connectivity index (χ1n) is 8.50. The second-order valence-electron chi connectivity index (χ2n) is 5.35. The standard InChI is InChI=1S/C18H13Cl2N3O3.C2H6/c1-10-15(16(23-26-10)11-5-3-2-4-6-11)18(25)22-21-9-12-7-13(19)8-14(20)17(12)24;1-2/h2-9,24H,1H3,(H,22,25);1-2H3/b21-9+;. The number of aryl methyl sites for hydroxylation is 1. The zero-order chi connectivity index (χ0) is 20.7. The molecule has 8 heteroatoms. The zero-order valence-electron chi connectivity index (χ0n) is 15.5. The van der Waals surface area contributed by atoms with Crippen LogP contribution in [-0.4, -0.2) is 22.4 Å². The number of phenols is 1. The maximum atomic E-state index is 12.5. The van der Waals surface area contributed by atoms with Crippen LogP contribution in [0.5, 0.6) is 5.75 Å². The van der Waals surface area contributed by atoms with Crippen molar-refractivity contribution in [3.05, 3.63) is 69.4 Å². The Hall–Kier alpha value is -2.83. The van der Waals surface area contributed by atoms with Crippen molar-refractivity contribution in [1.29, 1.82) is 0 Å². The number of amides is 1. The summed E-state index contributed by atoms with van der Waals surface area (Å²) in [6.07, 6.45) is 1.25. The van der Waals surface area contributed by atoms with Gasteiger partial charge in [-0.05, 0) is 19.1 Å². The van der Waals surface area contributed by atoms with Crippen LogP contribution in [-0.2, 0) is 0 Å². The van der Waals surface area contributed by atoms with Crippen LogP contribution in [0, 0.1) is 6.92 Å². The molecule has 6 nitrogen and oxygen atoms in total. The van der Waals surface area contributed by atoms with Crippen molar-refractivity contribution in [1.82, 2.24) is 10.6 Å². The average Bonchev–Trinajstić information content (AvgIpc) is 3.09. The molecule has 0 aliphatic heterocycles. The number of phenolic OH excluding ortho intramolecular Hbond substituents is 1. The first kappa shape index (κ1) is 21.5. The molecule has 0 saturated carbocycles. The van der Waals surface area contributed by atoms with E-state index in [1.807, 2.05) is 44.2 Å². The molecule has 1 heterocycles. The number of hydrazone groups is 1. The van der Waals surface area contributed by atoms with E-state index in [0.717, 1.165) is 5.56 Å². The van der Waals surface area contributed by atoms with E-state index in [9.17, 15) is 9.90 Å². The van der Waals surface area contributed by atoms with Gasteiger partial charge in [0.2, 0.25) is 0 Å². The highest BCUT2D eigenvalue weighted by Crippen LogP contribution is 2.30. The summed E-state index contributed by atoms with van der Waals surface area (Å²) < 4.78 is 5.15. The monoisotopic (exact) mass is 419 g/mol. The Morgan fingerprint density at radius 1 is 1.21 bits per heavy atom. The Morgan fingerprint density at radius 3 is 2.57 bits per heavy atom. The van der Waals surface area contributed by atoms with E-state index in [0.29, 0.717) is 16.5 Å². The number of carbonyl (C=O) groups excluding carboxylic acids is 1. The van der Waals surface area contributed by atoms with Gasteiger partial charge >= 0.3 is 0 Å². The van der Waals surface area contributed by atoms with E-state index in [4.69, 9.17) is 27.7 Å². The third-order valence-electron chi connectivity index (χ3n) is 3.56. The highest BCUT2D eigenvalue weighted by atomic mass is 35.5. The molecule has 0 bridgehead atoms. The number of hydrogen-bond acceptors (Lipinski definition) is 5. The third-order valence-corrected chi connectivity index (χ3v) is 4.07. The molecule has 2 aromatic carbocycles. The zero-order valence-corrected chi connectivity index (χ0v) is 17.0. The Bertz CT molecular complexity index is 986. The predicted octanol–water partition coefficient (Wildman–Crippen LogP) is 5.45. The number of aromatic nitrogens is 1. The van der Waals surface area contributed by atoms with E-state index in [1.165, 1.54) is 18.3 Å². The number of nitrogens with one attached hydrogen (secondary N) is 1. The molecule has 0 aliphatic carbocycles. The largest absolute Gasteiger partial charge is 0.506 e. The summed E-state index contributed by atoms with van der Waals surface area (Å²) in [4.78, 5) is 12.5. The molecule has 0 aliphatic rings. The van der Waals surface area contributed by atoms with Crippen molar-refractivity contribution in [3.63, 3.8) is 0 Å². The SMILES string of the molecule is CC.Cc1onc(-c2ccccc2)c1C(=O)N/N=C/c1cc(Cl)cc(Cl)c1O. The number of nitrogens with zero attached hydrogens (tertiary/aromatic N) is 2. The highest BCUT2D eigenvalue weighted by molar-refractivity contribution is 6.36. The fourth-order valence-electron chi connectivity index (χ4n) is 2.33. The maximum Gasteiger partial charge on any atom is 0.277 e. The number of hydrogen-bond donors (Lipinski definition) is 2. The maximum absolute atomic E-state index is 12.5. The minimum Gasteiger partial charge on any atom is -0.506 e. The van der Waals surface area contributed by atoms with Gasteiger partial charge in [0, 0.05) is 16.1 Å². The molecule has 0 fully saturated rings. The normalized spacial score (nSPS) is 10.5. The minimum atomic E-state index is -0.494. The number of carbonyl (C=O) groups is 1. The molecule has 0 atom stereocenters. The quantitative estimate of drug-likeness (QED) is 0.434. The molecule has 0 unspecified atom stereocenters. The summed E-state index contributed by atoms with van der Waals surface area (Å²) in [7, 11) is 0. The lowest BCUT2D eigenvalue weighted by molar-refractivity contribution is 0.0954. The van der Waals surface area contributed by atoms with Gasteiger partial charge in [-0.2, -0.15) is 5.10 Å². The van der Waals surface area contributed by atoms with Gasteiger partial charge in [0.15, 0.2) is 0 Å². The molecule has 2 N–H and O–H groups in total. The molecule has 146 valence electrons. The number of halogens is 2.